The Morgan fingerprint density at radius 3 is 3.00 bits per heavy atom. The SMILES string of the molecule is CCS(=O)NCCN=[N+]=[N-]. The van der Waals surface area contributed by atoms with Crippen molar-refractivity contribution in [3.8, 4) is 0 Å². The predicted octanol–water partition coefficient (Wildman–Crippen LogP) is 0.570. The third-order valence-corrected chi connectivity index (χ3v) is 1.85. The van der Waals surface area contributed by atoms with Gasteiger partial charge in [0.2, 0.25) is 0 Å². The minimum absolute atomic E-state index is 0.349. The molecule has 0 saturated heterocycles. The molecule has 1 atom stereocenters. The van der Waals surface area contributed by atoms with Gasteiger partial charge in [0.25, 0.3) is 0 Å². The Bertz CT molecular complexity index is 153. The zero-order valence-corrected chi connectivity index (χ0v) is 6.60. The molecule has 0 spiro atoms. The van der Waals surface area contributed by atoms with Crippen molar-refractivity contribution in [1.29, 1.82) is 0 Å². The monoisotopic (exact) mass is 162 g/mol. The molecule has 0 saturated carbocycles. The van der Waals surface area contributed by atoms with Crippen LogP contribution in [-0.4, -0.2) is 23.1 Å². The van der Waals surface area contributed by atoms with E-state index in [-0.39, 0.29) is 0 Å². The summed E-state index contributed by atoms with van der Waals surface area (Å²) in [4.78, 5) is 2.54. The molecule has 0 aliphatic rings. The van der Waals surface area contributed by atoms with Gasteiger partial charge in [-0.2, -0.15) is 0 Å². The molecule has 58 valence electrons. The standard InChI is InChI=1S/C4H10N4OS/c1-2-10(9)7-4-3-6-8-5/h7H,2-4H2,1H3. The molecule has 0 aliphatic heterocycles. The summed E-state index contributed by atoms with van der Waals surface area (Å²) in [5.74, 6) is 0.580. The van der Waals surface area contributed by atoms with Crippen LogP contribution in [-0.2, 0) is 11.0 Å². The molecular formula is C4H10N4OS. The Morgan fingerprint density at radius 1 is 1.80 bits per heavy atom. The molecule has 0 fully saturated rings. The molecule has 1 unspecified atom stereocenters. The molecule has 0 amide bonds. The van der Waals surface area contributed by atoms with Crippen LogP contribution in [0.5, 0.6) is 0 Å². The summed E-state index contributed by atoms with van der Waals surface area (Å²) in [6.07, 6.45) is 0. The van der Waals surface area contributed by atoms with E-state index >= 15 is 0 Å². The lowest BCUT2D eigenvalue weighted by Crippen LogP contribution is -2.21. The molecule has 5 nitrogen and oxygen atoms in total. The van der Waals surface area contributed by atoms with Crippen molar-refractivity contribution < 1.29 is 4.21 Å². The maximum atomic E-state index is 10.6. The van der Waals surface area contributed by atoms with Crippen LogP contribution in [0.4, 0.5) is 0 Å². The van der Waals surface area contributed by atoms with Gasteiger partial charge in [-0.25, -0.2) is 8.93 Å². The van der Waals surface area contributed by atoms with Crippen LogP contribution < -0.4 is 4.72 Å². The second kappa shape index (κ2) is 6.54. The van der Waals surface area contributed by atoms with Gasteiger partial charge in [0, 0.05) is 23.8 Å². The Kier molecular flexibility index (Phi) is 6.16. The van der Waals surface area contributed by atoms with Gasteiger partial charge in [-0.15, -0.1) is 0 Å². The maximum Gasteiger partial charge on any atom is 0.0912 e. The average Bonchev–Trinajstić information content (AvgIpc) is 1.98. The van der Waals surface area contributed by atoms with E-state index in [1.807, 2.05) is 6.92 Å². The molecule has 0 heterocycles. The van der Waals surface area contributed by atoms with E-state index < -0.39 is 11.0 Å². The Hall–Kier alpha value is -0.580. The molecule has 0 radical (unpaired) electrons. The van der Waals surface area contributed by atoms with Crippen LogP contribution in [0.1, 0.15) is 6.92 Å². The molecule has 6 heteroatoms. The fourth-order valence-corrected chi connectivity index (χ4v) is 0.879. The zero-order valence-electron chi connectivity index (χ0n) is 5.78. The van der Waals surface area contributed by atoms with E-state index in [9.17, 15) is 4.21 Å². The lowest BCUT2D eigenvalue weighted by molar-refractivity contribution is 0.673. The van der Waals surface area contributed by atoms with Crippen molar-refractivity contribution in [2.24, 2.45) is 5.11 Å². The van der Waals surface area contributed by atoms with Gasteiger partial charge in [-0.1, -0.05) is 12.0 Å². The largest absolute Gasteiger partial charge is 0.243 e. The number of hydrogen-bond acceptors (Lipinski definition) is 2. The predicted molar refractivity (Wildman–Crippen MR) is 40.7 cm³/mol. The second-order valence-corrected chi connectivity index (χ2v) is 3.04. The summed E-state index contributed by atoms with van der Waals surface area (Å²) in [5, 5.41) is 3.26. The third kappa shape index (κ3) is 5.55. The molecule has 0 aromatic carbocycles. The van der Waals surface area contributed by atoms with E-state index in [2.05, 4.69) is 14.7 Å². The summed E-state index contributed by atoms with van der Waals surface area (Å²) in [5.41, 5.74) is 7.84. The van der Waals surface area contributed by atoms with Crippen LogP contribution in [0.3, 0.4) is 0 Å². The summed E-state index contributed by atoms with van der Waals surface area (Å²) in [6.45, 7) is 2.64. The lowest BCUT2D eigenvalue weighted by Gasteiger charge is -1.96. The highest BCUT2D eigenvalue weighted by molar-refractivity contribution is 7.82. The first-order chi connectivity index (χ1) is 4.81. The number of nitrogens with one attached hydrogen (secondary N) is 1. The lowest BCUT2D eigenvalue weighted by atomic mass is 10.7. The van der Waals surface area contributed by atoms with Crippen molar-refractivity contribution in [2.45, 2.75) is 6.92 Å². The number of nitrogens with zero attached hydrogens (tertiary/aromatic N) is 3. The normalized spacial score (nSPS) is 12.1. The Morgan fingerprint density at radius 2 is 2.50 bits per heavy atom. The van der Waals surface area contributed by atoms with Gasteiger partial charge in [-0.3, -0.25) is 0 Å². The number of hydrogen-bond donors (Lipinski definition) is 1. The minimum Gasteiger partial charge on any atom is -0.243 e. The van der Waals surface area contributed by atoms with Crippen molar-refractivity contribution >= 4 is 11.0 Å². The molecular weight excluding hydrogens is 152 g/mol. The number of azide groups is 1. The first-order valence-electron chi connectivity index (χ1n) is 2.94. The van der Waals surface area contributed by atoms with Gasteiger partial charge in [0.05, 0.1) is 11.0 Å². The first kappa shape index (κ1) is 9.42. The average molecular weight is 162 g/mol. The quantitative estimate of drug-likeness (QED) is 0.273. The van der Waals surface area contributed by atoms with Gasteiger partial charge >= 0.3 is 0 Å². The highest BCUT2D eigenvalue weighted by Crippen LogP contribution is 1.74. The van der Waals surface area contributed by atoms with Crippen molar-refractivity contribution in [1.82, 2.24) is 4.72 Å². The van der Waals surface area contributed by atoms with Crippen molar-refractivity contribution in [3.05, 3.63) is 10.4 Å². The Labute approximate surface area is 62.0 Å². The minimum atomic E-state index is -0.964. The summed E-state index contributed by atoms with van der Waals surface area (Å²) >= 11 is 0. The van der Waals surface area contributed by atoms with E-state index in [4.69, 9.17) is 5.53 Å². The van der Waals surface area contributed by atoms with Crippen molar-refractivity contribution in [2.75, 3.05) is 18.8 Å². The molecule has 0 aromatic rings. The van der Waals surface area contributed by atoms with E-state index in [0.717, 1.165) is 0 Å². The fraction of sp³-hybridized carbons (Fsp3) is 1.00. The van der Waals surface area contributed by atoms with Crippen LogP contribution in [0, 0.1) is 0 Å². The molecule has 0 aromatic heterocycles. The third-order valence-electron chi connectivity index (χ3n) is 0.800. The summed E-state index contributed by atoms with van der Waals surface area (Å²) in [7, 11) is -0.964. The molecule has 1 N–H and O–H groups in total. The molecule has 10 heavy (non-hydrogen) atoms. The fourth-order valence-electron chi connectivity index (χ4n) is 0.356. The second-order valence-electron chi connectivity index (χ2n) is 1.48. The van der Waals surface area contributed by atoms with Gasteiger partial charge < -0.3 is 0 Å². The zero-order chi connectivity index (χ0) is 7.82. The molecule has 0 bridgehead atoms. The van der Waals surface area contributed by atoms with Crippen LogP contribution in [0.15, 0.2) is 5.11 Å². The molecule has 0 rings (SSSR count). The van der Waals surface area contributed by atoms with Gasteiger partial charge in [0.15, 0.2) is 0 Å². The van der Waals surface area contributed by atoms with Crippen LogP contribution in [0.25, 0.3) is 10.4 Å². The van der Waals surface area contributed by atoms with Gasteiger partial charge in [-0.05, 0) is 5.53 Å². The summed E-state index contributed by atoms with van der Waals surface area (Å²) in [6, 6.07) is 0. The van der Waals surface area contributed by atoms with E-state index in [1.54, 1.807) is 0 Å². The van der Waals surface area contributed by atoms with E-state index in [0.29, 0.717) is 18.8 Å². The van der Waals surface area contributed by atoms with Gasteiger partial charge in [0.1, 0.15) is 0 Å². The van der Waals surface area contributed by atoms with Crippen LogP contribution >= 0.6 is 0 Å². The van der Waals surface area contributed by atoms with Crippen molar-refractivity contribution in [3.63, 3.8) is 0 Å². The van der Waals surface area contributed by atoms with Crippen LogP contribution in [0.2, 0.25) is 0 Å². The highest BCUT2D eigenvalue weighted by atomic mass is 32.2. The summed E-state index contributed by atoms with van der Waals surface area (Å²) < 4.78 is 13.3. The number of rotatable bonds is 5. The first-order valence-corrected chi connectivity index (χ1v) is 4.26. The Balaban J connectivity index is 3.19. The topological polar surface area (TPSA) is 77.9 Å². The highest BCUT2D eigenvalue weighted by Gasteiger charge is 1.90. The smallest absolute Gasteiger partial charge is 0.0912 e. The maximum absolute atomic E-state index is 10.6. The van der Waals surface area contributed by atoms with E-state index in [1.165, 1.54) is 0 Å². The molecule has 0 aliphatic carbocycles.